The summed E-state index contributed by atoms with van der Waals surface area (Å²) in [5, 5.41) is 0. The standard InChI is InChI=1S/C15H17NO2.C2H6/c1-4-12(3)14(5-2)15(18)16(11-17)13-9-7-6-8-10-13;1-2/h4-11H,1-3H3;1-2H3/b12-4-,14-5+;. The molecule has 1 rings (SSSR count). The van der Waals surface area contributed by atoms with Crippen molar-refractivity contribution in [2.45, 2.75) is 34.6 Å². The molecule has 0 N–H and O–H groups in total. The van der Waals surface area contributed by atoms with Crippen LogP contribution in [0, 0.1) is 0 Å². The monoisotopic (exact) mass is 273 g/mol. The summed E-state index contributed by atoms with van der Waals surface area (Å²) >= 11 is 0. The van der Waals surface area contributed by atoms with Gasteiger partial charge in [0.25, 0.3) is 5.91 Å². The molecule has 0 heterocycles. The van der Waals surface area contributed by atoms with Crippen LogP contribution in [0.25, 0.3) is 0 Å². The van der Waals surface area contributed by atoms with Crippen LogP contribution in [0.1, 0.15) is 34.6 Å². The first-order valence-corrected chi connectivity index (χ1v) is 6.79. The average Bonchev–Trinajstić information content (AvgIpc) is 2.51. The fourth-order valence-corrected chi connectivity index (χ4v) is 1.62. The van der Waals surface area contributed by atoms with Crippen molar-refractivity contribution in [3.63, 3.8) is 0 Å². The summed E-state index contributed by atoms with van der Waals surface area (Å²) in [6.45, 7) is 9.50. The molecular formula is C17H23NO2. The molecule has 2 amide bonds. The van der Waals surface area contributed by atoms with E-state index in [9.17, 15) is 9.59 Å². The highest BCUT2D eigenvalue weighted by Crippen LogP contribution is 2.18. The molecule has 0 aliphatic carbocycles. The highest BCUT2D eigenvalue weighted by molar-refractivity contribution is 6.16. The smallest absolute Gasteiger partial charge is 0.264 e. The highest BCUT2D eigenvalue weighted by Gasteiger charge is 2.19. The van der Waals surface area contributed by atoms with Gasteiger partial charge in [-0.1, -0.05) is 44.2 Å². The molecule has 0 aliphatic heterocycles. The van der Waals surface area contributed by atoms with Crippen LogP contribution >= 0.6 is 0 Å². The SMILES string of the molecule is C/C=C(C)\C(=C/C)C(=O)N(C=O)c1ccccc1.CC. The second kappa shape index (κ2) is 9.73. The second-order valence-electron chi connectivity index (χ2n) is 3.79. The van der Waals surface area contributed by atoms with Gasteiger partial charge in [0.15, 0.2) is 0 Å². The van der Waals surface area contributed by atoms with Gasteiger partial charge >= 0.3 is 0 Å². The number of anilines is 1. The minimum absolute atomic E-state index is 0.311. The van der Waals surface area contributed by atoms with Crippen LogP contribution in [0.3, 0.4) is 0 Å². The van der Waals surface area contributed by atoms with Gasteiger partial charge in [0.1, 0.15) is 0 Å². The van der Waals surface area contributed by atoms with Crippen molar-refractivity contribution in [2.24, 2.45) is 0 Å². The number of imide groups is 1. The molecular weight excluding hydrogens is 250 g/mol. The van der Waals surface area contributed by atoms with Crippen LogP contribution in [-0.4, -0.2) is 12.3 Å². The number of hydrogen-bond donors (Lipinski definition) is 0. The van der Waals surface area contributed by atoms with Gasteiger partial charge in [0.2, 0.25) is 6.41 Å². The van der Waals surface area contributed by atoms with Crippen molar-refractivity contribution >= 4 is 18.0 Å². The molecule has 0 bridgehead atoms. The molecule has 0 radical (unpaired) electrons. The maximum Gasteiger partial charge on any atom is 0.264 e. The summed E-state index contributed by atoms with van der Waals surface area (Å²) in [5.74, 6) is -0.311. The number of benzene rings is 1. The van der Waals surface area contributed by atoms with Gasteiger partial charge in [-0.25, -0.2) is 4.90 Å². The molecule has 0 aliphatic rings. The molecule has 1 aromatic rings. The Hall–Kier alpha value is -2.16. The zero-order valence-electron chi connectivity index (χ0n) is 12.9. The van der Waals surface area contributed by atoms with E-state index in [2.05, 4.69) is 0 Å². The fourth-order valence-electron chi connectivity index (χ4n) is 1.62. The largest absolute Gasteiger partial charge is 0.278 e. The van der Waals surface area contributed by atoms with Crippen LogP contribution in [0.4, 0.5) is 5.69 Å². The fraction of sp³-hybridized carbons (Fsp3) is 0.294. The molecule has 0 saturated heterocycles. The Labute approximate surface area is 121 Å². The normalized spacial score (nSPS) is 11.2. The zero-order valence-corrected chi connectivity index (χ0v) is 12.9. The third kappa shape index (κ3) is 4.50. The predicted molar refractivity (Wildman–Crippen MR) is 84.5 cm³/mol. The van der Waals surface area contributed by atoms with Crippen molar-refractivity contribution in [2.75, 3.05) is 4.90 Å². The summed E-state index contributed by atoms with van der Waals surface area (Å²) in [6, 6.07) is 8.87. The minimum atomic E-state index is -0.311. The number of carbonyl (C=O) groups is 2. The molecule has 20 heavy (non-hydrogen) atoms. The van der Waals surface area contributed by atoms with E-state index in [1.54, 1.807) is 37.3 Å². The number of rotatable bonds is 4. The number of nitrogens with zero attached hydrogens (tertiary/aromatic N) is 1. The van der Waals surface area contributed by atoms with Crippen LogP contribution in [-0.2, 0) is 9.59 Å². The number of para-hydroxylation sites is 1. The molecule has 0 spiro atoms. The molecule has 1 aromatic carbocycles. The molecule has 3 heteroatoms. The third-order valence-corrected chi connectivity index (χ3v) is 2.74. The zero-order chi connectivity index (χ0) is 15.5. The van der Waals surface area contributed by atoms with Gasteiger partial charge in [-0.15, -0.1) is 0 Å². The molecule has 108 valence electrons. The highest BCUT2D eigenvalue weighted by atomic mass is 16.2. The first-order valence-electron chi connectivity index (χ1n) is 6.79. The van der Waals surface area contributed by atoms with E-state index in [4.69, 9.17) is 0 Å². The van der Waals surface area contributed by atoms with E-state index in [0.29, 0.717) is 17.7 Å². The molecule has 0 unspecified atom stereocenters. The molecule has 0 aromatic heterocycles. The van der Waals surface area contributed by atoms with Crippen LogP contribution < -0.4 is 4.90 Å². The predicted octanol–water partition coefficient (Wildman–Crippen LogP) is 4.11. The summed E-state index contributed by atoms with van der Waals surface area (Å²) in [6.07, 6.45) is 4.11. The average molecular weight is 273 g/mol. The van der Waals surface area contributed by atoms with E-state index in [1.807, 2.05) is 39.8 Å². The van der Waals surface area contributed by atoms with Gasteiger partial charge in [-0.2, -0.15) is 0 Å². The van der Waals surface area contributed by atoms with Crippen molar-refractivity contribution in [1.82, 2.24) is 0 Å². The van der Waals surface area contributed by atoms with E-state index < -0.39 is 0 Å². The lowest BCUT2D eigenvalue weighted by Crippen LogP contribution is -2.31. The van der Waals surface area contributed by atoms with E-state index in [0.717, 1.165) is 10.5 Å². The number of amides is 2. The third-order valence-electron chi connectivity index (χ3n) is 2.74. The van der Waals surface area contributed by atoms with Gasteiger partial charge < -0.3 is 0 Å². The first kappa shape index (κ1) is 17.8. The Morgan fingerprint density at radius 1 is 1.05 bits per heavy atom. The van der Waals surface area contributed by atoms with Crippen molar-refractivity contribution in [3.05, 3.63) is 53.6 Å². The molecule has 0 saturated carbocycles. The quantitative estimate of drug-likeness (QED) is 0.470. The van der Waals surface area contributed by atoms with Crippen LogP contribution in [0.15, 0.2) is 53.6 Å². The van der Waals surface area contributed by atoms with Crippen molar-refractivity contribution in [1.29, 1.82) is 0 Å². The Bertz CT molecular complexity index is 487. The minimum Gasteiger partial charge on any atom is -0.278 e. The lowest BCUT2D eigenvalue weighted by molar-refractivity contribution is -0.119. The van der Waals surface area contributed by atoms with E-state index in [-0.39, 0.29) is 5.91 Å². The Morgan fingerprint density at radius 2 is 1.60 bits per heavy atom. The second-order valence-corrected chi connectivity index (χ2v) is 3.79. The maximum atomic E-state index is 12.3. The summed E-state index contributed by atoms with van der Waals surface area (Å²) in [7, 11) is 0. The number of allylic oxidation sites excluding steroid dienone is 2. The summed E-state index contributed by atoms with van der Waals surface area (Å²) in [4.78, 5) is 24.5. The van der Waals surface area contributed by atoms with Gasteiger partial charge in [0, 0.05) is 5.57 Å². The van der Waals surface area contributed by atoms with Crippen LogP contribution in [0.5, 0.6) is 0 Å². The summed E-state index contributed by atoms with van der Waals surface area (Å²) in [5.41, 5.74) is 1.96. The Kier molecular flexibility index (Phi) is 8.68. The lowest BCUT2D eigenvalue weighted by Gasteiger charge is -2.17. The maximum absolute atomic E-state index is 12.3. The first-order chi connectivity index (χ1) is 9.65. The Morgan fingerprint density at radius 3 is 2.00 bits per heavy atom. The Balaban J connectivity index is 0.00000172. The molecule has 3 nitrogen and oxygen atoms in total. The van der Waals surface area contributed by atoms with Gasteiger partial charge in [-0.05, 0) is 38.5 Å². The lowest BCUT2D eigenvalue weighted by atomic mass is 10.1. The van der Waals surface area contributed by atoms with Gasteiger partial charge in [-0.3, -0.25) is 9.59 Å². The van der Waals surface area contributed by atoms with Gasteiger partial charge in [0.05, 0.1) is 5.69 Å². The topological polar surface area (TPSA) is 37.4 Å². The van der Waals surface area contributed by atoms with E-state index in [1.165, 1.54) is 0 Å². The van der Waals surface area contributed by atoms with Crippen LogP contribution in [0.2, 0.25) is 0 Å². The summed E-state index contributed by atoms with van der Waals surface area (Å²) < 4.78 is 0. The number of hydrogen-bond acceptors (Lipinski definition) is 2. The van der Waals surface area contributed by atoms with Crippen molar-refractivity contribution < 1.29 is 9.59 Å². The molecule has 0 fully saturated rings. The number of carbonyl (C=O) groups excluding carboxylic acids is 2. The van der Waals surface area contributed by atoms with Crippen molar-refractivity contribution in [3.8, 4) is 0 Å². The van der Waals surface area contributed by atoms with E-state index >= 15 is 0 Å². The molecule has 0 atom stereocenters.